The zero-order valence-electron chi connectivity index (χ0n) is 9.21. The van der Waals surface area contributed by atoms with Gasteiger partial charge in [0.25, 0.3) is 0 Å². The van der Waals surface area contributed by atoms with E-state index in [-0.39, 0.29) is 0 Å². The van der Waals surface area contributed by atoms with Gasteiger partial charge in [-0.3, -0.25) is 0 Å². The lowest BCUT2D eigenvalue weighted by Crippen LogP contribution is -1.94. The van der Waals surface area contributed by atoms with Gasteiger partial charge >= 0.3 is 0 Å². The van der Waals surface area contributed by atoms with Crippen LogP contribution in [0.25, 0.3) is 0 Å². The minimum atomic E-state index is 0.372. The van der Waals surface area contributed by atoms with E-state index in [0.29, 0.717) is 11.6 Å². The van der Waals surface area contributed by atoms with Gasteiger partial charge < -0.3 is 10.1 Å². The second kappa shape index (κ2) is 4.94. The van der Waals surface area contributed by atoms with Crippen LogP contribution in [0.5, 0.6) is 5.88 Å². The molecule has 0 unspecified atom stereocenters. The van der Waals surface area contributed by atoms with Gasteiger partial charge in [-0.25, -0.2) is 9.97 Å². The van der Waals surface area contributed by atoms with E-state index in [1.54, 1.807) is 37.7 Å². The molecule has 84 valence electrons. The first-order chi connectivity index (χ1) is 8.31. The average molecular weight is 226 g/mol. The van der Waals surface area contributed by atoms with E-state index in [2.05, 4.69) is 15.3 Å². The monoisotopic (exact) mass is 226 g/mol. The second-order valence-electron chi connectivity index (χ2n) is 3.26. The summed E-state index contributed by atoms with van der Waals surface area (Å²) in [5.74, 6) is 0.558. The fourth-order valence-electron chi connectivity index (χ4n) is 1.31. The number of aromatic nitrogens is 2. The van der Waals surface area contributed by atoms with Gasteiger partial charge in [-0.1, -0.05) is 0 Å². The maximum Gasteiger partial charge on any atom is 0.213 e. The summed E-state index contributed by atoms with van der Waals surface area (Å²) in [4.78, 5) is 7.96. The van der Waals surface area contributed by atoms with Crippen molar-refractivity contribution in [1.29, 1.82) is 5.26 Å². The number of anilines is 2. The number of methoxy groups -OCH3 is 1. The Morgan fingerprint density at radius 3 is 2.76 bits per heavy atom. The highest BCUT2D eigenvalue weighted by Crippen LogP contribution is 2.17. The molecule has 17 heavy (non-hydrogen) atoms. The van der Waals surface area contributed by atoms with Crippen LogP contribution in [0.3, 0.4) is 0 Å². The molecule has 5 nitrogen and oxygen atoms in total. The number of hydrogen-bond donors (Lipinski definition) is 1. The van der Waals surface area contributed by atoms with E-state index >= 15 is 0 Å². The smallest absolute Gasteiger partial charge is 0.213 e. The van der Waals surface area contributed by atoms with E-state index in [0.717, 1.165) is 11.4 Å². The molecule has 2 aromatic rings. The average Bonchev–Trinajstić information content (AvgIpc) is 2.40. The third-order valence-corrected chi connectivity index (χ3v) is 2.11. The third-order valence-electron chi connectivity index (χ3n) is 2.11. The normalized spacial score (nSPS) is 9.41. The topological polar surface area (TPSA) is 70.8 Å². The van der Waals surface area contributed by atoms with Crippen LogP contribution in [-0.4, -0.2) is 17.1 Å². The molecule has 1 N–H and O–H groups in total. The predicted octanol–water partition coefficient (Wildman–Crippen LogP) is 2.10. The zero-order valence-corrected chi connectivity index (χ0v) is 9.21. The highest BCUT2D eigenvalue weighted by Gasteiger charge is 1.98. The number of ether oxygens (including phenoxy) is 1. The van der Waals surface area contributed by atoms with E-state index in [1.807, 2.05) is 12.1 Å². The molecule has 0 bridgehead atoms. The van der Waals surface area contributed by atoms with Gasteiger partial charge in [0, 0.05) is 18.0 Å². The Hall–Kier alpha value is -2.61. The van der Waals surface area contributed by atoms with Crippen molar-refractivity contribution in [3.63, 3.8) is 0 Å². The molecule has 0 saturated carbocycles. The first-order valence-corrected chi connectivity index (χ1v) is 4.95. The summed E-state index contributed by atoms with van der Waals surface area (Å²) in [6.07, 6.45) is 3.24. The number of nitrogens with one attached hydrogen (secondary N) is 1. The number of hydrogen-bond acceptors (Lipinski definition) is 5. The Morgan fingerprint density at radius 2 is 2.12 bits per heavy atom. The molecular weight excluding hydrogens is 216 g/mol. The molecule has 0 aliphatic heterocycles. The van der Waals surface area contributed by atoms with Crippen LogP contribution in [-0.2, 0) is 0 Å². The zero-order chi connectivity index (χ0) is 12.1. The summed E-state index contributed by atoms with van der Waals surface area (Å²) >= 11 is 0. The molecule has 2 aromatic heterocycles. The fourth-order valence-corrected chi connectivity index (χ4v) is 1.31. The second-order valence-corrected chi connectivity index (χ2v) is 3.26. The molecule has 0 aliphatic carbocycles. The van der Waals surface area contributed by atoms with Crippen molar-refractivity contribution in [2.24, 2.45) is 0 Å². The van der Waals surface area contributed by atoms with E-state index in [4.69, 9.17) is 10.00 Å². The number of nitriles is 1. The number of nitrogens with zero attached hydrogens (tertiary/aromatic N) is 3. The molecule has 0 aliphatic rings. The van der Waals surface area contributed by atoms with Gasteiger partial charge in [0.15, 0.2) is 0 Å². The molecule has 0 spiro atoms. The Kier molecular flexibility index (Phi) is 3.17. The maximum atomic E-state index is 8.73. The van der Waals surface area contributed by atoms with Crippen molar-refractivity contribution in [3.8, 4) is 11.9 Å². The molecule has 2 rings (SSSR count). The van der Waals surface area contributed by atoms with Gasteiger partial charge in [-0.15, -0.1) is 0 Å². The van der Waals surface area contributed by atoms with Gasteiger partial charge in [-0.05, 0) is 18.2 Å². The van der Waals surface area contributed by atoms with Crippen molar-refractivity contribution in [1.82, 2.24) is 9.97 Å². The summed E-state index contributed by atoms with van der Waals surface area (Å²) in [5.41, 5.74) is 1.99. The van der Waals surface area contributed by atoms with Crippen LogP contribution >= 0.6 is 0 Å². The predicted molar refractivity (Wildman–Crippen MR) is 63.0 cm³/mol. The van der Waals surface area contributed by atoms with Crippen molar-refractivity contribution in [2.45, 2.75) is 0 Å². The number of pyridine rings is 2. The quantitative estimate of drug-likeness (QED) is 0.867. The standard InChI is InChI=1S/C12H10N4O/c1-17-12-3-2-10(8-15-12)16-9-4-5-14-11(6-9)7-13/h2-6,8H,1H3,(H,14,16). The Balaban J connectivity index is 2.16. The first-order valence-electron chi connectivity index (χ1n) is 4.95. The third kappa shape index (κ3) is 2.69. The van der Waals surface area contributed by atoms with Crippen molar-refractivity contribution in [2.75, 3.05) is 12.4 Å². The highest BCUT2D eigenvalue weighted by atomic mass is 16.5. The Labute approximate surface area is 98.7 Å². The number of rotatable bonds is 3. The summed E-state index contributed by atoms with van der Waals surface area (Å²) in [5, 5.41) is 11.8. The van der Waals surface area contributed by atoms with Crippen molar-refractivity contribution < 1.29 is 4.74 Å². The largest absolute Gasteiger partial charge is 0.481 e. The molecule has 0 fully saturated rings. The molecule has 0 atom stereocenters. The molecule has 0 aromatic carbocycles. The van der Waals surface area contributed by atoms with E-state index in [9.17, 15) is 0 Å². The van der Waals surface area contributed by atoms with Gasteiger partial charge in [0.05, 0.1) is 19.0 Å². The summed E-state index contributed by atoms with van der Waals surface area (Å²) in [6.45, 7) is 0. The van der Waals surface area contributed by atoms with Crippen LogP contribution in [0.15, 0.2) is 36.7 Å². The molecule has 0 amide bonds. The maximum absolute atomic E-state index is 8.73. The van der Waals surface area contributed by atoms with Gasteiger partial charge in [-0.2, -0.15) is 5.26 Å². The fraction of sp³-hybridized carbons (Fsp3) is 0.0833. The van der Waals surface area contributed by atoms with Crippen LogP contribution < -0.4 is 10.1 Å². The van der Waals surface area contributed by atoms with Crippen molar-refractivity contribution >= 4 is 11.4 Å². The molecule has 0 saturated heterocycles. The SMILES string of the molecule is COc1ccc(Nc2ccnc(C#N)c2)cn1. The Bertz CT molecular complexity index is 545. The van der Waals surface area contributed by atoms with Gasteiger partial charge in [0.1, 0.15) is 11.8 Å². The van der Waals surface area contributed by atoms with Crippen LogP contribution in [0, 0.1) is 11.3 Å². The van der Waals surface area contributed by atoms with E-state index < -0.39 is 0 Å². The lowest BCUT2D eigenvalue weighted by Gasteiger charge is -2.06. The lowest BCUT2D eigenvalue weighted by molar-refractivity contribution is 0.398. The molecule has 2 heterocycles. The lowest BCUT2D eigenvalue weighted by atomic mass is 10.3. The minimum Gasteiger partial charge on any atom is -0.481 e. The van der Waals surface area contributed by atoms with E-state index in [1.165, 1.54) is 0 Å². The molecule has 0 radical (unpaired) electrons. The van der Waals surface area contributed by atoms with Crippen LogP contribution in [0.4, 0.5) is 11.4 Å². The summed E-state index contributed by atoms with van der Waals surface area (Å²) < 4.78 is 4.96. The summed E-state index contributed by atoms with van der Waals surface area (Å²) in [7, 11) is 1.57. The van der Waals surface area contributed by atoms with Gasteiger partial charge in [0.2, 0.25) is 5.88 Å². The van der Waals surface area contributed by atoms with Crippen LogP contribution in [0.1, 0.15) is 5.69 Å². The van der Waals surface area contributed by atoms with Crippen LogP contribution in [0.2, 0.25) is 0 Å². The molecular formula is C12H10N4O. The molecule has 5 heteroatoms. The first kappa shape index (κ1) is 10.9. The highest BCUT2D eigenvalue weighted by molar-refractivity contribution is 5.59. The van der Waals surface area contributed by atoms with Crippen molar-refractivity contribution in [3.05, 3.63) is 42.4 Å². The Morgan fingerprint density at radius 1 is 1.24 bits per heavy atom. The summed E-state index contributed by atoms with van der Waals surface area (Å²) in [6, 6.07) is 9.04. The minimum absolute atomic E-state index is 0.372.